The van der Waals surface area contributed by atoms with E-state index in [9.17, 15) is 13.2 Å². The quantitative estimate of drug-likeness (QED) is 0.865. The van der Waals surface area contributed by atoms with Crippen molar-refractivity contribution in [2.45, 2.75) is 4.90 Å². The molecule has 0 saturated carbocycles. The van der Waals surface area contributed by atoms with E-state index in [1.807, 2.05) is 0 Å². The molecule has 0 radical (unpaired) electrons. The van der Waals surface area contributed by atoms with Crippen LogP contribution < -0.4 is 0 Å². The van der Waals surface area contributed by atoms with Crippen molar-refractivity contribution in [2.24, 2.45) is 5.92 Å². The summed E-state index contributed by atoms with van der Waals surface area (Å²) in [5.74, 6) is -1.62. The van der Waals surface area contributed by atoms with Crippen molar-refractivity contribution in [2.75, 3.05) is 13.1 Å². The molecule has 0 atom stereocenters. The standard InChI is InChI=1S/C13H11ClN2O4S/c14-12-10-2-1-3-11(9(10)4-5-15-12)21(19,20)16-6-8(7-16)13(17)18/h1-5,8H,6-7H2,(H,17,18). The molecule has 1 aliphatic heterocycles. The number of nitrogens with zero attached hydrogens (tertiary/aromatic N) is 2. The van der Waals surface area contributed by atoms with Crippen LogP contribution in [0.15, 0.2) is 35.4 Å². The van der Waals surface area contributed by atoms with Gasteiger partial charge in [0, 0.05) is 30.1 Å². The molecule has 3 rings (SSSR count). The first-order valence-corrected chi connectivity index (χ1v) is 7.99. The third kappa shape index (κ3) is 2.27. The Bertz CT molecular complexity index is 831. The van der Waals surface area contributed by atoms with Crippen LogP contribution in [0.25, 0.3) is 10.8 Å². The number of benzene rings is 1. The van der Waals surface area contributed by atoms with Gasteiger partial charge in [0.2, 0.25) is 10.0 Å². The van der Waals surface area contributed by atoms with Crippen molar-refractivity contribution in [3.8, 4) is 0 Å². The molecule has 0 amide bonds. The van der Waals surface area contributed by atoms with E-state index in [1.54, 1.807) is 18.2 Å². The molecule has 1 saturated heterocycles. The second kappa shape index (κ2) is 4.94. The first-order chi connectivity index (χ1) is 9.91. The highest BCUT2D eigenvalue weighted by atomic mass is 35.5. The highest BCUT2D eigenvalue weighted by Crippen LogP contribution is 2.31. The highest BCUT2D eigenvalue weighted by molar-refractivity contribution is 7.89. The number of halogens is 1. The maximum Gasteiger partial charge on any atom is 0.309 e. The summed E-state index contributed by atoms with van der Waals surface area (Å²) in [6.45, 7) is -0.0141. The number of pyridine rings is 1. The Morgan fingerprint density at radius 1 is 1.29 bits per heavy atom. The van der Waals surface area contributed by atoms with Gasteiger partial charge in [0.05, 0.1) is 10.8 Å². The van der Waals surface area contributed by atoms with Crippen LogP contribution in [-0.2, 0) is 14.8 Å². The van der Waals surface area contributed by atoms with Crippen LogP contribution in [0.5, 0.6) is 0 Å². The molecule has 0 aliphatic carbocycles. The zero-order chi connectivity index (χ0) is 15.2. The van der Waals surface area contributed by atoms with Gasteiger partial charge in [-0.2, -0.15) is 4.31 Å². The average Bonchev–Trinajstić information content (AvgIpc) is 2.36. The number of carbonyl (C=O) groups is 1. The molecular weight excluding hydrogens is 316 g/mol. The second-order valence-corrected chi connectivity index (χ2v) is 7.07. The highest BCUT2D eigenvalue weighted by Gasteiger charge is 2.41. The molecule has 0 bridgehead atoms. The Hall–Kier alpha value is -1.70. The summed E-state index contributed by atoms with van der Waals surface area (Å²) in [6.07, 6.45) is 1.44. The molecule has 110 valence electrons. The SMILES string of the molecule is O=C(O)C1CN(S(=O)(=O)c2cccc3c(Cl)nccc23)C1. The lowest BCUT2D eigenvalue weighted by molar-refractivity contribution is -0.145. The van der Waals surface area contributed by atoms with Crippen molar-refractivity contribution >= 4 is 38.4 Å². The Morgan fingerprint density at radius 3 is 2.67 bits per heavy atom. The van der Waals surface area contributed by atoms with E-state index in [4.69, 9.17) is 16.7 Å². The summed E-state index contributed by atoms with van der Waals surface area (Å²) in [7, 11) is -3.73. The molecule has 1 fully saturated rings. The third-order valence-corrected chi connectivity index (χ3v) is 5.72. The van der Waals surface area contributed by atoms with E-state index in [2.05, 4.69) is 4.98 Å². The van der Waals surface area contributed by atoms with Crippen LogP contribution >= 0.6 is 11.6 Å². The Kier molecular flexibility index (Phi) is 3.35. The minimum absolute atomic E-state index is 0.00707. The number of hydrogen-bond acceptors (Lipinski definition) is 4. The van der Waals surface area contributed by atoms with Gasteiger partial charge < -0.3 is 5.11 Å². The maximum absolute atomic E-state index is 12.6. The summed E-state index contributed by atoms with van der Waals surface area (Å²) in [4.78, 5) is 14.8. The molecule has 0 unspecified atom stereocenters. The fourth-order valence-corrected chi connectivity index (χ4v) is 4.26. The van der Waals surface area contributed by atoms with E-state index < -0.39 is 21.9 Å². The average molecular weight is 327 g/mol. The molecule has 2 heterocycles. The zero-order valence-corrected chi connectivity index (χ0v) is 12.3. The summed E-state index contributed by atoms with van der Waals surface area (Å²) in [6, 6.07) is 6.36. The first-order valence-electron chi connectivity index (χ1n) is 6.17. The van der Waals surface area contributed by atoms with Crippen molar-refractivity contribution in [3.05, 3.63) is 35.6 Å². The molecule has 21 heavy (non-hydrogen) atoms. The molecule has 1 aliphatic rings. The normalized spacial score (nSPS) is 16.8. The predicted molar refractivity (Wildman–Crippen MR) is 76.6 cm³/mol. The van der Waals surface area contributed by atoms with E-state index in [0.717, 1.165) is 4.31 Å². The number of sulfonamides is 1. The summed E-state index contributed by atoms with van der Waals surface area (Å²) >= 11 is 5.97. The van der Waals surface area contributed by atoms with Gasteiger partial charge in [-0.1, -0.05) is 23.7 Å². The van der Waals surface area contributed by atoms with Gasteiger partial charge in [-0.05, 0) is 12.1 Å². The number of aromatic nitrogens is 1. The van der Waals surface area contributed by atoms with Crippen LogP contribution in [0.2, 0.25) is 5.15 Å². The van der Waals surface area contributed by atoms with E-state index in [1.165, 1.54) is 12.3 Å². The monoisotopic (exact) mass is 326 g/mol. The predicted octanol–water partition coefficient (Wildman–Crippen LogP) is 1.59. The zero-order valence-electron chi connectivity index (χ0n) is 10.7. The van der Waals surface area contributed by atoms with Crippen LogP contribution in [0.1, 0.15) is 0 Å². The van der Waals surface area contributed by atoms with Gasteiger partial charge in [0.1, 0.15) is 5.15 Å². The first kappa shape index (κ1) is 14.2. The van der Waals surface area contributed by atoms with Gasteiger partial charge in [-0.3, -0.25) is 4.79 Å². The molecule has 8 heteroatoms. The van der Waals surface area contributed by atoms with Crippen LogP contribution in [0.3, 0.4) is 0 Å². The maximum atomic E-state index is 12.6. The number of carboxylic acids is 1. The molecule has 1 aromatic heterocycles. The minimum atomic E-state index is -3.73. The van der Waals surface area contributed by atoms with Gasteiger partial charge in [0.25, 0.3) is 0 Å². The van der Waals surface area contributed by atoms with Crippen molar-refractivity contribution in [1.29, 1.82) is 0 Å². The second-order valence-electron chi connectivity index (χ2n) is 4.81. The largest absolute Gasteiger partial charge is 0.481 e. The minimum Gasteiger partial charge on any atom is -0.481 e. The van der Waals surface area contributed by atoms with Gasteiger partial charge in [-0.25, -0.2) is 13.4 Å². The lowest BCUT2D eigenvalue weighted by atomic mass is 10.0. The fourth-order valence-electron chi connectivity index (χ4n) is 2.30. The van der Waals surface area contributed by atoms with Gasteiger partial charge >= 0.3 is 5.97 Å². The lowest BCUT2D eigenvalue weighted by Crippen LogP contribution is -2.52. The van der Waals surface area contributed by atoms with Gasteiger partial charge in [0.15, 0.2) is 0 Å². The molecule has 1 aromatic carbocycles. The Balaban J connectivity index is 2.05. The molecule has 1 N–H and O–H groups in total. The summed E-state index contributed by atoms with van der Waals surface area (Å²) in [5, 5.41) is 10.1. The van der Waals surface area contributed by atoms with E-state index in [0.29, 0.717) is 10.8 Å². The number of rotatable bonds is 3. The van der Waals surface area contributed by atoms with Crippen LogP contribution in [-0.4, -0.2) is 41.9 Å². The number of fused-ring (bicyclic) bond motifs is 1. The summed E-state index contributed by atoms with van der Waals surface area (Å²) < 4.78 is 26.3. The van der Waals surface area contributed by atoms with Crippen LogP contribution in [0, 0.1) is 5.92 Å². The smallest absolute Gasteiger partial charge is 0.309 e. The Labute approximate surface area is 126 Å². The Morgan fingerprint density at radius 2 is 2.00 bits per heavy atom. The summed E-state index contributed by atoms with van der Waals surface area (Å²) in [5.41, 5.74) is 0. The molecule has 2 aromatic rings. The fraction of sp³-hybridized carbons (Fsp3) is 0.231. The number of aliphatic carboxylic acids is 1. The number of carboxylic acid groups (broad SMARTS) is 1. The van der Waals surface area contributed by atoms with Crippen molar-refractivity contribution in [1.82, 2.24) is 9.29 Å². The number of hydrogen-bond donors (Lipinski definition) is 1. The molecular formula is C13H11ClN2O4S. The third-order valence-electron chi connectivity index (χ3n) is 3.53. The topological polar surface area (TPSA) is 87.6 Å². The molecule has 0 spiro atoms. The lowest BCUT2D eigenvalue weighted by Gasteiger charge is -2.35. The van der Waals surface area contributed by atoms with Gasteiger partial charge in [-0.15, -0.1) is 0 Å². The van der Waals surface area contributed by atoms with Crippen LogP contribution in [0.4, 0.5) is 0 Å². The molecule has 6 nitrogen and oxygen atoms in total. The van der Waals surface area contributed by atoms with E-state index >= 15 is 0 Å². The van der Waals surface area contributed by atoms with E-state index in [-0.39, 0.29) is 23.1 Å². The van der Waals surface area contributed by atoms with Crippen molar-refractivity contribution < 1.29 is 18.3 Å². The van der Waals surface area contributed by atoms with Crippen molar-refractivity contribution in [3.63, 3.8) is 0 Å².